The van der Waals surface area contributed by atoms with E-state index in [1.807, 2.05) is 0 Å². The third-order valence-corrected chi connectivity index (χ3v) is 4.27. The third-order valence-electron chi connectivity index (χ3n) is 4.27. The Morgan fingerprint density at radius 3 is 2.42 bits per heavy atom. The molecule has 19 heavy (non-hydrogen) atoms. The molecule has 2 unspecified atom stereocenters. The number of nitrogens with one attached hydrogen (secondary N) is 1. The summed E-state index contributed by atoms with van der Waals surface area (Å²) in [5, 5.41) is 3.71. The molecule has 0 aromatic heterocycles. The van der Waals surface area contributed by atoms with Crippen molar-refractivity contribution in [2.75, 3.05) is 26.7 Å². The molecule has 0 amide bonds. The fourth-order valence-electron chi connectivity index (χ4n) is 3.73. The molecule has 0 heterocycles. The molecule has 1 fully saturated rings. The van der Waals surface area contributed by atoms with E-state index in [-0.39, 0.29) is 0 Å². The minimum Gasteiger partial charge on any atom is -0.314 e. The van der Waals surface area contributed by atoms with Crippen molar-refractivity contribution in [2.24, 2.45) is 16.7 Å². The van der Waals surface area contributed by atoms with Crippen molar-refractivity contribution in [3.63, 3.8) is 0 Å². The van der Waals surface area contributed by atoms with Crippen LogP contribution in [0.5, 0.6) is 0 Å². The van der Waals surface area contributed by atoms with Crippen molar-refractivity contribution in [1.82, 2.24) is 10.2 Å². The molecule has 1 rings (SSSR count). The van der Waals surface area contributed by atoms with Crippen molar-refractivity contribution < 1.29 is 0 Å². The second-order valence-electron chi connectivity index (χ2n) is 8.59. The minimum atomic E-state index is 0.395. The summed E-state index contributed by atoms with van der Waals surface area (Å²) in [6, 6.07) is 0.723. The minimum absolute atomic E-state index is 0.395. The van der Waals surface area contributed by atoms with Crippen LogP contribution >= 0.6 is 0 Å². The molecular weight excluding hydrogens is 232 g/mol. The first kappa shape index (κ1) is 17.0. The van der Waals surface area contributed by atoms with Crippen molar-refractivity contribution in [3.05, 3.63) is 0 Å². The molecule has 0 aliphatic heterocycles. The average Bonchev–Trinajstić information content (AvgIpc) is 2.18. The summed E-state index contributed by atoms with van der Waals surface area (Å²) in [6.45, 7) is 17.6. The first-order chi connectivity index (χ1) is 8.63. The van der Waals surface area contributed by atoms with E-state index in [0.29, 0.717) is 10.8 Å². The second kappa shape index (κ2) is 6.58. The molecule has 0 spiro atoms. The first-order valence-corrected chi connectivity index (χ1v) is 8.05. The van der Waals surface area contributed by atoms with Crippen LogP contribution in [-0.4, -0.2) is 37.6 Å². The second-order valence-corrected chi connectivity index (χ2v) is 8.59. The maximum Gasteiger partial charge on any atom is 0.0108 e. The summed E-state index contributed by atoms with van der Waals surface area (Å²) >= 11 is 0. The van der Waals surface area contributed by atoms with Crippen molar-refractivity contribution in [1.29, 1.82) is 0 Å². The Kier molecular flexibility index (Phi) is 5.88. The first-order valence-electron chi connectivity index (χ1n) is 8.05. The highest BCUT2D eigenvalue weighted by Gasteiger charge is 2.35. The van der Waals surface area contributed by atoms with E-state index in [9.17, 15) is 0 Å². The van der Waals surface area contributed by atoms with Gasteiger partial charge in [-0.2, -0.15) is 0 Å². The van der Waals surface area contributed by atoms with E-state index < -0.39 is 0 Å². The normalized spacial score (nSPS) is 27.8. The zero-order valence-electron chi connectivity index (χ0n) is 14.3. The van der Waals surface area contributed by atoms with Gasteiger partial charge in [0.25, 0.3) is 0 Å². The smallest absolute Gasteiger partial charge is 0.0108 e. The van der Waals surface area contributed by atoms with Gasteiger partial charge in [-0.25, -0.2) is 0 Å². The Bertz CT molecular complexity index is 265. The number of hydrogen-bond donors (Lipinski definition) is 1. The van der Waals surface area contributed by atoms with E-state index in [1.54, 1.807) is 0 Å². The highest BCUT2D eigenvalue weighted by Crippen LogP contribution is 2.39. The van der Waals surface area contributed by atoms with Crippen LogP contribution in [0.2, 0.25) is 0 Å². The number of nitrogens with zero attached hydrogens (tertiary/aromatic N) is 1. The quantitative estimate of drug-likeness (QED) is 0.816. The van der Waals surface area contributed by atoms with Crippen molar-refractivity contribution in [2.45, 2.75) is 66.8 Å². The molecule has 1 aliphatic carbocycles. The highest BCUT2D eigenvalue weighted by molar-refractivity contribution is 4.90. The molecule has 1 aliphatic rings. The van der Waals surface area contributed by atoms with Gasteiger partial charge in [-0.05, 0) is 49.6 Å². The van der Waals surface area contributed by atoms with E-state index in [0.717, 1.165) is 18.5 Å². The van der Waals surface area contributed by atoms with Crippen LogP contribution in [0.1, 0.15) is 60.8 Å². The molecule has 0 bridgehead atoms. The van der Waals surface area contributed by atoms with Crippen molar-refractivity contribution in [3.8, 4) is 0 Å². The molecule has 0 saturated heterocycles. The molecule has 0 aromatic rings. The lowest BCUT2D eigenvalue weighted by Crippen LogP contribution is -2.47. The van der Waals surface area contributed by atoms with E-state index in [2.05, 4.69) is 58.8 Å². The van der Waals surface area contributed by atoms with Crippen molar-refractivity contribution >= 4 is 0 Å². The van der Waals surface area contributed by atoms with E-state index in [4.69, 9.17) is 0 Å². The number of rotatable bonds is 5. The van der Waals surface area contributed by atoms with Gasteiger partial charge >= 0.3 is 0 Å². The number of hydrogen-bond acceptors (Lipinski definition) is 2. The standard InChI is InChI=1S/C17H36N2/c1-8-18-15-9-10-17(5,6)11-14(15)12-19(7)13-16(2,3)4/h14-15,18H,8-13H2,1-7H3. The summed E-state index contributed by atoms with van der Waals surface area (Å²) in [6.07, 6.45) is 4.07. The van der Waals surface area contributed by atoms with Gasteiger partial charge in [0, 0.05) is 19.1 Å². The zero-order valence-corrected chi connectivity index (χ0v) is 14.3. The van der Waals surface area contributed by atoms with E-state index >= 15 is 0 Å². The van der Waals surface area contributed by atoms with Gasteiger partial charge in [0.2, 0.25) is 0 Å². The van der Waals surface area contributed by atoms with Crippen LogP contribution in [0.25, 0.3) is 0 Å². The lowest BCUT2D eigenvalue weighted by molar-refractivity contribution is 0.0976. The average molecular weight is 268 g/mol. The summed E-state index contributed by atoms with van der Waals surface area (Å²) in [7, 11) is 2.29. The summed E-state index contributed by atoms with van der Waals surface area (Å²) in [4.78, 5) is 2.54. The maximum atomic E-state index is 3.71. The third kappa shape index (κ3) is 6.27. The predicted molar refractivity (Wildman–Crippen MR) is 85.5 cm³/mol. The van der Waals surface area contributed by atoms with Gasteiger partial charge < -0.3 is 10.2 Å². The molecule has 1 N–H and O–H groups in total. The highest BCUT2D eigenvalue weighted by atomic mass is 15.1. The Morgan fingerprint density at radius 1 is 1.26 bits per heavy atom. The van der Waals surface area contributed by atoms with Gasteiger partial charge in [0.05, 0.1) is 0 Å². The predicted octanol–water partition coefficient (Wildman–Crippen LogP) is 3.77. The summed E-state index contributed by atoms with van der Waals surface area (Å²) in [5.41, 5.74) is 0.922. The Hall–Kier alpha value is -0.0800. The van der Waals surface area contributed by atoms with Crippen LogP contribution in [0.15, 0.2) is 0 Å². The largest absolute Gasteiger partial charge is 0.314 e. The van der Waals surface area contributed by atoms with Crippen LogP contribution in [0.3, 0.4) is 0 Å². The Balaban J connectivity index is 2.59. The van der Waals surface area contributed by atoms with Gasteiger partial charge in [-0.15, -0.1) is 0 Å². The molecule has 0 radical (unpaired) electrons. The SMILES string of the molecule is CCNC1CCC(C)(C)CC1CN(C)CC(C)(C)C. The molecule has 2 nitrogen and oxygen atoms in total. The topological polar surface area (TPSA) is 15.3 Å². The molecular formula is C17H36N2. The fraction of sp³-hybridized carbons (Fsp3) is 1.00. The molecule has 0 aromatic carbocycles. The maximum absolute atomic E-state index is 3.71. The lowest BCUT2D eigenvalue weighted by atomic mass is 9.69. The van der Waals surface area contributed by atoms with Gasteiger partial charge in [-0.3, -0.25) is 0 Å². The van der Waals surface area contributed by atoms with Crippen LogP contribution < -0.4 is 5.32 Å². The van der Waals surface area contributed by atoms with Gasteiger partial charge in [0.15, 0.2) is 0 Å². The molecule has 2 atom stereocenters. The summed E-state index contributed by atoms with van der Waals surface area (Å²) in [5.74, 6) is 0.802. The van der Waals surface area contributed by atoms with Crippen LogP contribution in [0.4, 0.5) is 0 Å². The van der Waals surface area contributed by atoms with Crippen LogP contribution in [-0.2, 0) is 0 Å². The molecule has 2 heteroatoms. The summed E-state index contributed by atoms with van der Waals surface area (Å²) < 4.78 is 0. The molecule has 114 valence electrons. The lowest BCUT2D eigenvalue weighted by Gasteiger charge is -2.43. The van der Waals surface area contributed by atoms with E-state index in [1.165, 1.54) is 32.4 Å². The Labute approximate surface area is 121 Å². The zero-order chi connectivity index (χ0) is 14.7. The van der Waals surface area contributed by atoms with Crippen LogP contribution in [0, 0.1) is 16.7 Å². The van der Waals surface area contributed by atoms with Gasteiger partial charge in [-0.1, -0.05) is 41.5 Å². The Morgan fingerprint density at radius 2 is 1.89 bits per heavy atom. The fourth-order valence-corrected chi connectivity index (χ4v) is 3.73. The molecule has 1 saturated carbocycles. The van der Waals surface area contributed by atoms with Gasteiger partial charge in [0.1, 0.15) is 0 Å². The monoisotopic (exact) mass is 268 g/mol.